The maximum absolute atomic E-state index is 12.5. The Labute approximate surface area is 276 Å². The largest absolute Gasteiger partial charge is 0.493 e. The van der Waals surface area contributed by atoms with Gasteiger partial charge in [0.2, 0.25) is 0 Å². The Hall–Kier alpha value is -2.35. The van der Waals surface area contributed by atoms with Crippen LogP contribution in [0.4, 0.5) is 0 Å². The Morgan fingerprint density at radius 3 is 2.59 bits per heavy atom. The number of morpholine rings is 1. The molecule has 0 unspecified atom stereocenters. The highest BCUT2D eigenvalue weighted by Crippen LogP contribution is 2.66. The van der Waals surface area contributed by atoms with Crippen LogP contribution in [0.1, 0.15) is 84.1 Å². The van der Waals surface area contributed by atoms with Gasteiger partial charge in [0.25, 0.3) is 0 Å². The topological polar surface area (TPSA) is 60.5 Å². The van der Waals surface area contributed by atoms with Gasteiger partial charge in [-0.15, -0.1) is 0 Å². The number of carbonyl (C=O) groups is 1. The molecule has 0 radical (unpaired) electrons. The zero-order valence-electron chi connectivity index (χ0n) is 28.7. The number of hydrogen-bond donors (Lipinski definition) is 0. The van der Waals surface area contributed by atoms with Crippen molar-refractivity contribution in [2.24, 2.45) is 28.6 Å². The summed E-state index contributed by atoms with van der Waals surface area (Å²) in [5, 5.41) is 0. The van der Waals surface area contributed by atoms with Crippen molar-refractivity contribution >= 4 is 12.0 Å². The average Bonchev–Trinajstić information content (AvgIpc) is 3.69. The Balaban J connectivity index is 1.10. The van der Waals surface area contributed by atoms with Crippen LogP contribution in [-0.4, -0.2) is 87.6 Å². The molecule has 2 saturated heterocycles. The molecule has 1 aromatic rings. The van der Waals surface area contributed by atoms with Crippen LogP contribution in [0, 0.1) is 28.6 Å². The summed E-state index contributed by atoms with van der Waals surface area (Å²) in [5.41, 5.74) is 4.35. The fraction of sp³-hybridized carbons (Fsp3) is 0.718. The van der Waals surface area contributed by atoms with Gasteiger partial charge in [-0.1, -0.05) is 37.6 Å². The SMILES string of the molecule is COc1cc(/C=C2\C[C@H]3[C@@H]4CC=C5C[C@@H](N6CCCC6)CC[C@]5(C)[C@H]4CC[C@]3(C)[C@H]2OC(C)=O)ccc1OCCN1CCOCC1. The number of nitrogens with zero attached hydrogens (tertiary/aromatic N) is 2. The number of carbonyl (C=O) groups excluding carboxylic acids is 1. The van der Waals surface area contributed by atoms with Crippen LogP contribution in [-0.2, 0) is 14.3 Å². The predicted molar refractivity (Wildman–Crippen MR) is 181 cm³/mol. The molecule has 2 heterocycles. The first kappa shape index (κ1) is 32.2. The molecule has 7 nitrogen and oxygen atoms in total. The van der Waals surface area contributed by atoms with Gasteiger partial charge < -0.3 is 23.8 Å². The van der Waals surface area contributed by atoms with Gasteiger partial charge in [0, 0.05) is 38.0 Å². The number of likely N-dealkylation sites (tertiary alicyclic amines) is 1. The Morgan fingerprint density at radius 1 is 1.02 bits per heavy atom. The van der Waals surface area contributed by atoms with E-state index in [0.29, 0.717) is 23.9 Å². The lowest BCUT2D eigenvalue weighted by Gasteiger charge is -2.58. The lowest BCUT2D eigenvalue weighted by molar-refractivity contribution is -0.154. The number of hydrogen-bond acceptors (Lipinski definition) is 7. The summed E-state index contributed by atoms with van der Waals surface area (Å²) in [4.78, 5) is 17.7. The molecule has 3 saturated carbocycles. The quantitative estimate of drug-likeness (QED) is 0.232. The molecule has 252 valence electrons. The van der Waals surface area contributed by atoms with Crippen molar-refractivity contribution in [2.45, 2.75) is 90.7 Å². The van der Waals surface area contributed by atoms with Crippen molar-refractivity contribution in [3.8, 4) is 11.5 Å². The number of methoxy groups -OCH3 is 1. The molecule has 5 fully saturated rings. The number of fused-ring (bicyclic) bond motifs is 5. The molecule has 7 rings (SSSR count). The zero-order chi connectivity index (χ0) is 31.9. The number of esters is 1. The Morgan fingerprint density at radius 2 is 1.83 bits per heavy atom. The standard InChI is InChI=1S/C39H56N2O5/c1-27(42)46-37-29(23-28-7-10-35(36(24-28)43-4)45-22-19-40-17-20-44-21-18-40)25-34-32-9-8-30-26-31(41-15-5-6-16-41)11-13-38(30,2)33(32)12-14-39(34,37)3/h7-8,10,23-24,31-34,37H,5-6,9,11-22,25-26H2,1-4H3/b29-23+/t31-,32+,33-,34-,37-,38-,39-/m0/s1. The fourth-order valence-corrected chi connectivity index (χ4v) is 10.6. The van der Waals surface area contributed by atoms with E-state index < -0.39 is 0 Å². The Kier molecular flexibility index (Phi) is 9.30. The summed E-state index contributed by atoms with van der Waals surface area (Å²) in [6.07, 6.45) is 16.0. The van der Waals surface area contributed by atoms with Crippen molar-refractivity contribution in [2.75, 3.05) is 59.7 Å². The van der Waals surface area contributed by atoms with Crippen molar-refractivity contribution in [1.29, 1.82) is 0 Å². The fourth-order valence-electron chi connectivity index (χ4n) is 10.6. The van der Waals surface area contributed by atoms with E-state index in [1.807, 2.05) is 6.07 Å². The van der Waals surface area contributed by atoms with Gasteiger partial charge in [0.1, 0.15) is 12.7 Å². The molecule has 0 spiro atoms. The van der Waals surface area contributed by atoms with E-state index in [2.05, 4.69) is 47.9 Å². The zero-order valence-corrected chi connectivity index (χ0v) is 28.7. The van der Waals surface area contributed by atoms with Crippen LogP contribution in [0.5, 0.6) is 11.5 Å². The molecule has 0 amide bonds. The first-order chi connectivity index (χ1) is 22.3. The summed E-state index contributed by atoms with van der Waals surface area (Å²) in [7, 11) is 1.71. The van der Waals surface area contributed by atoms with Gasteiger partial charge in [-0.25, -0.2) is 0 Å². The molecule has 0 aromatic heterocycles. The second kappa shape index (κ2) is 13.3. The van der Waals surface area contributed by atoms with E-state index in [1.54, 1.807) is 19.6 Å². The van der Waals surface area contributed by atoms with Crippen molar-refractivity contribution in [1.82, 2.24) is 9.80 Å². The van der Waals surface area contributed by atoms with Gasteiger partial charge >= 0.3 is 5.97 Å². The average molecular weight is 633 g/mol. The number of allylic oxidation sites excluding steroid dienone is 1. The first-order valence-electron chi connectivity index (χ1n) is 18.2. The van der Waals surface area contributed by atoms with Gasteiger partial charge in [0.05, 0.1) is 20.3 Å². The second-order valence-corrected chi connectivity index (χ2v) is 15.6. The highest BCUT2D eigenvalue weighted by atomic mass is 16.5. The summed E-state index contributed by atoms with van der Waals surface area (Å²) in [6, 6.07) is 6.97. The van der Waals surface area contributed by atoms with Crippen LogP contribution >= 0.6 is 0 Å². The van der Waals surface area contributed by atoms with Gasteiger partial charge in [-0.2, -0.15) is 0 Å². The van der Waals surface area contributed by atoms with Gasteiger partial charge in [0.15, 0.2) is 11.5 Å². The highest BCUT2D eigenvalue weighted by molar-refractivity contribution is 5.68. The van der Waals surface area contributed by atoms with Crippen molar-refractivity contribution in [3.05, 3.63) is 41.0 Å². The van der Waals surface area contributed by atoms with Crippen molar-refractivity contribution in [3.63, 3.8) is 0 Å². The molecular formula is C39H56N2O5. The van der Waals surface area contributed by atoms with Crippen LogP contribution in [0.2, 0.25) is 0 Å². The minimum atomic E-state index is -0.185. The van der Waals surface area contributed by atoms with E-state index in [-0.39, 0.29) is 17.5 Å². The number of ether oxygens (including phenoxy) is 4. The number of rotatable bonds is 8. The molecule has 46 heavy (non-hydrogen) atoms. The molecule has 0 bridgehead atoms. The summed E-state index contributed by atoms with van der Waals surface area (Å²) in [5.74, 6) is 3.19. The van der Waals surface area contributed by atoms with E-state index in [1.165, 1.54) is 63.6 Å². The first-order valence-corrected chi connectivity index (χ1v) is 18.2. The van der Waals surface area contributed by atoms with Gasteiger partial charge in [-0.05, 0) is 117 Å². The molecule has 6 aliphatic rings. The summed E-state index contributed by atoms with van der Waals surface area (Å²) < 4.78 is 23.7. The molecule has 4 aliphatic carbocycles. The summed E-state index contributed by atoms with van der Waals surface area (Å²) >= 11 is 0. The van der Waals surface area contributed by atoms with E-state index in [4.69, 9.17) is 18.9 Å². The monoisotopic (exact) mass is 632 g/mol. The van der Waals surface area contributed by atoms with Crippen LogP contribution in [0.15, 0.2) is 35.4 Å². The molecule has 2 aliphatic heterocycles. The normalized spacial score (nSPS) is 37.3. The molecule has 7 heteroatoms. The smallest absolute Gasteiger partial charge is 0.303 e. The van der Waals surface area contributed by atoms with Crippen LogP contribution < -0.4 is 9.47 Å². The minimum Gasteiger partial charge on any atom is -0.493 e. The lowest BCUT2D eigenvalue weighted by atomic mass is 9.48. The maximum Gasteiger partial charge on any atom is 0.303 e. The van der Waals surface area contributed by atoms with Crippen LogP contribution in [0.25, 0.3) is 6.08 Å². The predicted octanol–water partition coefficient (Wildman–Crippen LogP) is 6.76. The van der Waals surface area contributed by atoms with Crippen LogP contribution in [0.3, 0.4) is 0 Å². The Bertz CT molecular complexity index is 1330. The molecule has 7 atom stereocenters. The molecular weight excluding hydrogens is 576 g/mol. The van der Waals surface area contributed by atoms with E-state index in [0.717, 1.165) is 74.7 Å². The number of benzene rings is 1. The summed E-state index contributed by atoms with van der Waals surface area (Å²) in [6.45, 7) is 14.2. The molecule has 1 aromatic carbocycles. The third-order valence-electron chi connectivity index (χ3n) is 13.2. The maximum atomic E-state index is 12.5. The van der Waals surface area contributed by atoms with Gasteiger partial charge in [-0.3, -0.25) is 9.69 Å². The van der Waals surface area contributed by atoms with E-state index in [9.17, 15) is 4.79 Å². The minimum absolute atomic E-state index is 0.0419. The van der Waals surface area contributed by atoms with Crippen molar-refractivity contribution < 1.29 is 23.7 Å². The third kappa shape index (κ3) is 6.05. The lowest BCUT2D eigenvalue weighted by Crippen LogP contribution is -2.52. The molecule has 0 N–H and O–H groups in total. The second-order valence-electron chi connectivity index (χ2n) is 15.6. The highest BCUT2D eigenvalue weighted by Gasteiger charge is 2.61. The van der Waals surface area contributed by atoms with E-state index >= 15 is 0 Å². The third-order valence-corrected chi connectivity index (χ3v) is 13.2.